The maximum absolute atomic E-state index is 8.90. The quantitative estimate of drug-likeness (QED) is 0.832. The van der Waals surface area contributed by atoms with Crippen molar-refractivity contribution in [2.45, 2.75) is 25.7 Å². The highest BCUT2D eigenvalue weighted by Gasteiger charge is 2.14. The van der Waals surface area contributed by atoms with Crippen LogP contribution in [-0.2, 0) is 6.42 Å². The molecule has 1 N–H and O–H groups in total. The third kappa shape index (κ3) is 3.40. The number of hydrogen-bond donors (Lipinski definition) is 1. The fourth-order valence-electron chi connectivity index (χ4n) is 2.96. The van der Waals surface area contributed by atoms with E-state index in [4.69, 9.17) is 9.84 Å². The Labute approximate surface area is 132 Å². The van der Waals surface area contributed by atoms with Gasteiger partial charge < -0.3 is 9.84 Å². The van der Waals surface area contributed by atoms with Gasteiger partial charge in [0.25, 0.3) is 0 Å². The Kier molecular flexibility index (Phi) is 4.92. The molecule has 0 radical (unpaired) electrons. The Morgan fingerprint density at radius 1 is 0.955 bits per heavy atom. The Balaban J connectivity index is 1.90. The van der Waals surface area contributed by atoms with E-state index in [1.807, 2.05) is 6.07 Å². The van der Waals surface area contributed by atoms with Crippen molar-refractivity contribution in [3.63, 3.8) is 0 Å². The molecule has 1 aliphatic carbocycles. The van der Waals surface area contributed by atoms with Gasteiger partial charge in [-0.1, -0.05) is 48.5 Å². The molecule has 1 aliphatic rings. The molecular formula is C20H22O2. The van der Waals surface area contributed by atoms with Crippen LogP contribution in [0.2, 0.25) is 0 Å². The van der Waals surface area contributed by atoms with Gasteiger partial charge >= 0.3 is 0 Å². The van der Waals surface area contributed by atoms with E-state index in [1.54, 1.807) is 0 Å². The molecule has 0 spiro atoms. The van der Waals surface area contributed by atoms with Crippen LogP contribution in [0.15, 0.2) is 48.5 Å². The molecule has 0 fully saturated rings. The molecule has 114 valence electrons. The average Bonchev–Trinajstić information content (AvgIpc) is 2.79. The first kappa shape index (κ1) is 14.9. The van der Waals surface area contributed by atoms with Gasteiger partial charge in [0.05, 0.1) is 6.61 Å². The van der Waals surface area contributed by atoms with Crippen molar-refractivity contribution < 1.29 is 9.84 Å². The fraction of sp³-hybridized carbons (Fsp3) is 0.300. The van der Waals surface area contributed by atoms with Crippen molar-refractivity contribution in [3.8, 4) is 5.75 Å². The summed E-state index contributed by atoms with van der Waals surface area (Å²) < 4.78 is 5.85. The van der Waals surface area contributed by atoms with Crippen molar-refractivity contribution in [2.75, 3.05) is 13.2 Å². The first-order chi connectivity index (χ1) is 10.9. The van der Waals surface area contributed by atoms with E-state index in [2.05, 4.69) is 48.5 Å². The van der Waals surface area contributed by atoms with Gasteiger partial charge in [0.1, 0.15) is 5.75 Å². The number of aliphatic hydroxyl groups is 1. The fourth-order valence-corrected chi connectivity index (χ4v) is 2.96. The number of hydrogen-bond acceptors (Lipinski definition) is 2. The molecule has 0 bridgehead atoms. The minimum atomic E-state index is 0.174. The predicted octanol–water partition coefficient (Wildman–Crippen LogP) is 4.32. The smallest absolute Gasteiger partial charge is 0.123 e. The molecule has 0 saturated carbocycles. The van der Waals surface area contributed by atoms with Gasteiger partial charge in [0.15, 0.2) is 0 Å². The Morgan fingerprint density at radius 2 is 1.82 bits per heavy atom. The molecule has 2 aromatic carbocycles. The van der Waals surface area contributed by atoms with E-state index in [0.29, 0.717) is 13.0 Å². The Bertz CT molecular complexity index is 644. The number of rotatable bonds is 5. The van der Waals surface area contributed by atoms with Crippen LogP contribution >= 0.6 is 0 Å². The second kappa shape index (κ2) is 7.28. The minimum Gasteiger partial charge on any atom is -0.493 e. The summed E-state index contributed by atoms with van der Waals surface area (Å²) in [5.41, 5.74) is 5.26. The van der Waals surface area contributed by atoms with E-state index < -0.39 is 0 Å². The van der Waals surface area contributed by atoms with Crippen molar-refractivity contribution >= 4 is 11.6 Å². The predicted molar refractivity (Wildman–Crippen MR) is 90.9 cm³/mol. The summed E-state index contributed by atoms with van der Waals surface area (Å²) in [6.45, 7) is 0.745. The standard InChI is InChI=1S/C20H22O2/c21-13-6-14-22-20-12-5-10-18-15-17(9-4-11-19(18)20)16-7-2-1-3-8-16/h1-3,5,7-8,10,12,15,21H,4,6,9,11,13-14H2. The molecule has 2 nitrogen and oxygen atoms in total. The zero-order valence-corrected chi connectivity index (χ0v) is 12.8. The molecule has 3 rings (SSSR count). The van der Waals surface area contributed by atoms with E-state index >= 15 is 0 Å². The summed E-state index contributed by atoms with van der Waals surface area (Å²) in [5, 5.41) is 8.90. The number of fused-ring (bicyclic) bond motifs is 1. The van der Waals surface area contributed by atoms with Crippen LogP contribution in [-0.4, -0.2) is 18.3 Å². The molecule has 0 amide bonds. The Morgan fingerprint density at radius 3 is 2.64 bits per heavy atom. The highest BCUT2D eigenvalue weighted by atomic mass is 16.5. The molecule has 2 heteroatoms. The van der Waals surface area contributed by atoms with Crippen LogP contribution < -0.4 is 4.74 Å². The summed E-state index contributed by atoms with van der Waals surface area (Å²) in [7, 11) is 0. The van der Waals surface area contributed by atoms with E-state index in [-0.39, 0.29) is 6.61 Å². The SMILES string of the molecule is OCCCOc1cccc2c1CCCC(c1ccccc1)=C2. The summed E-state index contributed by atoms with van der Waals surface area (Å²) in [6, 6.07) is 16.9. The van der Waals surface area contributed by atoms with Crippen molar-refractivity contribution in [1.29, 1.82) is 0 Å². The number of allylic oxidation sites excluding steroid dienone is 1. The molecule has 22 heavy (non-hydrogen) atoms. The van der Waals surface area contributed by atoms with Gasteiger partial charge in [-0.2, -0.15) is 0 Å². The highest BCUT2D eigenvalue weighted by molar-refractivity contribution is 5.83. The molecule has 0 aliphatic heterocycles. The van der Waals surface area contributed by atoms with Crippen molar-refractivity contribution in [2.24, 2.45) is 0 Å². The second-order valence-corrected chi connectivity index (χ2v) is 5.64. The third-order valence-corrected chi connectivity index (χ3v) is 4.08. The topological polar surface area (TPSA) is 29.5 Å². The normalized spacial score (nSPS) is 14.0. The van der Waals surface area contributed by atoms with Crippen molar-refractivity contribution in [1.82, 2.24) is 0 Å². The first-order valence-corrected chi connectivity index (χ1v) is 8.00. The molecule has 0 aromatic heterocycles. The molecule has 0 saturated heterocycles. The minimum absolute atomic E-state index is 0.174. The summed E-state index contributed by atoms with van der Waals surface area (Å²) in [6.07, 6.45) is 6.24. The van der Waals surface area contributed by atoms with Crippen LogP contribution in [0.5, 0.6) is 5.75 Å². The molecule has 0 atom stereocenters. The zero-order chi connectivity index (χ0) is 15.2. The first-order valence-electron chi connectivity index (χ1n) is 8.00. The summed E-state index contributed by atoms with van der Waals surface area (Å²) in [5.74, 6) is 0.969. The largest absolute Gasteiger partial charge is 0.493 e. The molecule has 0 heterocycles. The molecule has 2 aromatic rings. The number of benzene rings is 2. The van der Waals surface area contributed by atoms with E-state index in [1.165, 1.54) is 22.3 Å². The van der Waals surface area contributed by atoms with Gasteiger partial charge in [-0.05, 0) is 42.0 Å². The van der Waals surface area contributed by atoms with Gasteiger partial charge in [-0.25, -0.2) is 0 Å². The Hall–Kier alpha value is -2.06. The maximum Gasteiger partial charge on any atom is 0.123 e. The third-order valence-electron chi connectivity index (χ3n) is 4.08. The second-order valence-electron chi connectivity index (χ2n) is 5.64. The lowest BCUT2D eigenvalue weighted by atomic mass is 10.0. The van der Waals surface area contributed by atoms with Crippen LogP contribution in [0.1, 0.15) is 36.0 Å². The van der Waals surface area contributed by atoms with Gasteiger partial charge in [-0.15, -0.1) is 0 Å². The van der Waals surface area contributed by atoms with Gasteiger partial charge in [0.2, 0.25) is 0 Å². The summed E-state index contributed by atoms with van der Waals surface area (Å²) >= 11 is 0. The number of aliphatic hydroxyl groups excluding tert-OH is 1. The van der Waals surface area contributed by atoms with E-state index in [9.17, 15) is 0 Å². The lowest BCUT2D eigenvalue weighted by molar-refractivity contribution is 0.232. The van der Waals surface area contributed by atoms with Crippen LogP contribution in [0.3, 0.4) is 0 Å². The molecular weight excluding hydrogens is 272 g/mol. The maximum atomic E-state index is 8.90. The molecule has 0 unspecified atom stereocenters. The lowest BCUT2D eigenvalue weighted by Crippen LogP contribution is -2.03. The number of ether oxygens (including phenoxy) is 1. The van der Waals surface area contributed by atoms with Crippen LogP contribution in [0.25, 0.3) is 11.6 Å². The van der Waals surface area contributed by atoms with Crippen LogP contribution in [0, 0.1) is 0 Å². The lowest BCUT2D eigenvalue weighted by Gasteiger charge is -2.12. The average molecular weight is 294 g/mol. The van der Waals surface area contributed by atoms with Crippen LogP contribution in [0.4, 0.5) is 0 Å². The van der Waals surface area contributed by atoms with E-state index in [0.717, 1.165) is 25.0 Å². The zero-order valence-electron chi connectivity index (χ0n) is 12.8. The van der Waals surface area contributed by atoms with Gasteiger partial charge in [0, 0.05) is 18.6 Å². The monoisotopic (exact) mass is 294 g/mol. The highest BCUT2D eigenvalue weighted by Crippen LogP contribution is 2.33. The summed E-state index contributed by atoms with van der Waals surface area (Å²) in [4.78, 5) is 0. The van der Waals surface area contributed by atoms with Gasteiger partial charge in [-0.3, -0.25) is 0 Å². The van der Waals surface area contributed by atoms with Crippen molar-refractivity contribution in [3.05, 3.63) is 65.2 Å².